The quantitative estimate of drug-likeness (QED) is 0.737. The van der Waals surface area contributed by atoms with Crippen LogP contribution in [0.25, 0.3) is 0 Å². The second-order valence-corrected chi connectivity index (χ2v) is 7.04. The third-order valence-corrected chi connectivity index (χ3v) is 4.15. The Labute approximate surface area is 121 Å². The van der Waals surface area contributed by atoms with Crippen molar-refractivity contribution in [1.29, 1.82) is 0 Å². The third-order valence-electron chi connectivity index (χ3n) is 2.21. The molecule has 0 aliphatic heterocycles. The summed E-state index contributed by atoms with van der Waals surface area (Å²) < 4.78 is 24.9. The summed E-state index contributed by atoms with van der Waals surface area (Å²) >= 11 is 9.26. The van der Waals surface area contributed by atoms with Gasteiger partial charge in [-0.15, -0.1) is 0 Å². The van der Waals surface area contributed by atoms with E-state index >= 15 is 0 Å². The molecule has 0 aliphatic rings. The number of sulfonamides is 1. The summed E-state index contributed by atoms with van der Waals surface area (Å²) in [7, 11) is -3.07. The molecule has 1 aromatic carbocycles. The van der Waals surface area contributed by atoms with Crippen LogP contribution < -0.4 is 10.0 Å². The summed E-state index contributed by atoms with van der Waals surface area (Å²) in [5, 5.41) is 3.93. The zero-order chi connectivity index (χ0) is 13.6. The molecular weight excluding hydrogens is 340 g/mol. The molecule has 0 unspecified atom stereocenters. The first-order chi connectivity index (χ1) is 8.38. The Bertz CT molecular complexity index is 494. The van der Waals surface area contributed by atoms with Crippen molar-refractivity contribution < 1.29 is 8.42 Å². The molecule has 0 atom stereocenters. The largest absolute Gasteiger partial charge is 0.313 e. The van der Waals surface area contributed by atoms with Gasteiger partial charge in [-0.3, -0.25) is 0 Å². The first-order valence-electron chi connectivity index (χ1n) is 5.48. The maximum atomic E-state index is 10.8. The second kappa shape index (κ2) is 7.45. The average molecular weight is 356 g/mol. The van der Waals surface area contributed by atoms with Gasteiger partial charge in [-0.1, -0.05) is 17.7 Å². The van der Waals surface area contributed by atoms with Crippen molar-refractivity contribution in [1.82, 2.24) is 10.0 Å². The van der Waals surface area contributed by atoms with Crippen molar-refractivity contribution >= 4 is 37.6 Å². The Morgan fingerprint density at radius 1 is 1.33 bits per heavy atom. The van der Waals surface area contributed by atoms with Crippen LogP contribution in [0.3, 0.4) is 0 Å². The van der Waals surface area contributed by atoms with Crippen LogP contribution in [0.15, 0.2) is 22.7 Å². The smallest absolute Gasteiger partial charge is 0.208 e. The molecule has 7 heteroatoms. The Morgan fingerprint density at radius 2 is 2.06 bits per heavy atom. The van der Waals surface area contributed by atoms with Gasteiger partial charge >= 0.3 is 0 Å². The molecule has 1 rings (SSSR count). The maximum absolute atomic E-state index is 10.8. The number of benzene rings is 1. The summed E-state index contributed by atoms with van der Waals surface area (Å²) in [6.45, 7) is 1.94. The van der Waals surface area contributed by atoms with Crippen LogP contribution >= 0.6 is 27.5 Å². The average Bonchev–Trinajstić information content (AvgIpc) is 2.26. The Kier molecular flexibility index (Phi) is 6.59. The van der Waals surface area contributed by atoms with Gasteiger partial charge in [0.25, 0.3) is 0 Å². The number of hydrogen-bond acceptors (Lipinski definition) is 3. The highest BCUT2D eigenvalue weighted by molar-refractivity contribution is 9.10. The number of nitrogens with one attached hydrogen (secondary N) is 2. The molecule has 0 radical (unpaired) electrons. The predicted molar refractivity (Wildman–Crippen MR) is 78.3 cm³/mol. The van der Waals surface area contributed by atoms with E-state index in [1.54, 1.807) is 0 Å². The molecule has 0 heterocycles. The molecule has 0 aliphatic carbocycles. The van der Waals surface area contributed by atoms with Gasteiger partial charge in [-0.2, -0.15) is 0 Å². The van der Waals surface area contributed by atoms with Gasteiger partial charge in [-0.25, -0.2) is 13.1 Å². The van der Waals surface area contributed by atoms with Gasteiger partial charge in [0.1, 0.15) is 0 Å². The molecule has 0 aromatic heterocycles. The highest BCUT2D eigenvalue weighted by Gasteiger charge is 2.00. The van der Waals surface area contributed by atoms with Gasteiger partial charge in [0.15, 0.2) is 0 Å². The van der Waals surface area contributed by atoms with E-state index in [1.807, 2.05) is 18.2 Å². The van der Waals surface area contributed by atoms with Crippen LogP contribution in [0.4, 0.5) is 0 Å². The van der Waals surface area contributed by atoms with E-state index in [2.05, 4.69) is 26.0 Å². The van der Waals surface area contributed by atoms with E-state index in [-0.39, 0.29) is 0 Å². The number of hydrogen-bond donors (Lipinski definition) is 2. The van der Waals surface area contributed by atoms with E-state index in [0.717, 1.165) is 35.8 Å². The van der Waals surface area contributed by atoms with Crippen LogP contribution in [-0.2, 0) is 16.6 Å². The Morgan fingerprint density at radius 3 is 2.67 bits per heavy atom. The zero-order valence-electron chi connectivity index (χ0n) is 10.0. The van der Waals surface area contributed by atoms with E-state index in [0.29, 0.717) is 11.6 Å². The van der Waals surface area contributed by atoms with Crippen LogP contribution in [0.1, 0.15) is 12.0 Å². The minimum absolute atomic E-state index is 0.455. The second-order valence-electron chi connectivity index (χ2n) is 3.95. The third kappa shape index (κ3) is 6.70. The molecule has 2 N–H and O–H groups in total. The molecule has 102 valence electrons. The van der Waals surface area contributed by atoms with Crippen LogP contribution in [0, 0.1) is 0 Å². The SMILES string of the molecule is CS(=O)(=O)NCCCNCc1ccc(Cl)c(Br)c1. The fourth-order valence-corrected chi connectivity index (χ4v) is 2.41. The van der Waals surface area contributed by atoms with Gasteiger partial charge in [-0.05, 0) is 46.6 Å². The van der Waals surface area contributed by atoms with Crippen molar-refractivity contribution in [2.24, 2.45) is 0 Å². The van der Waals surface area contributed by atoms with E-state index in [1.165, 1.54) is 0 Å². The maximum Gasteiger partial charge on any atom is 0.208 e. The van der Waals surface area contributed by atoms with Gasteiger partial charge in [0.05, 0.1) is 11.3 Å². The predicted octanol–water partition coefficient (Wildman–Crippen LogP) is 2.13. The molecule has 0 spiro atoms. The summed E-state index contributed by atoms with van der Waals surface area (Å²) in [6.07, 6.45) is 1.91. The molecule has 0 fully saturated rings. The summed E-state index contributed by atoms with van der Waals surface area (Å²) in [5.41, 5.74) is 1.13. The number of rotatable bonds is 7. The van der Waals surface area contributed by atoms with Gasteiger partial charge in [0.2, 0.25) is 10.0 Å². The summed E-state index contributed by atoms with van der Waals surface area (Å²) in [6, 6.07) is 5.76. The fraction of sp³-hybridized carbons (Fsp3) is 0.455. The molecule has 0 saturated heterocycles. The lowest BCUT2D eigenvalue weighted by Crippen LogP contribution is -2.26. The van der Waals surface area contributed by atoms with Gasteiger partial charge in [0, 0.05) is 17.6 Å². The highest BCUT2D eigenvalue weighted by atomic mass is 79.9. The molecular formula is C11H16BrClN2O2S. The molecule has 0 bridgehead atoms. The lowest BCUT2D eigenvalue weighted by Gasteiger charge is -2.06. The summed E-state index contributed by atoms with van der Waals surface area (Å²) in [4.78, 5) is 0. The van der Waals surface area contributed by atoms with Crippen molar-refractivity contribution in [2.75, 3.05) is 19.3 Å². The zero-order valence-corrected chi connectivity index (χ0v) is 13.2. The van der Waals surface area contributed by atoms with Crippen molar-refractivity contribution in [2.45, 2.75) is 13.0 Å². The topological polar surface area (TPSA) is 58.2 Å². The molecule has 1 aromatic rings. The van der Waals surface area contributed by atoms with Crippen molar-refractivity contribution in [3.05, 3.63) is 33.3 Å². The van der Waals surface area contributed by atoms with E-state index in [4.69, 9.17) is 11.6 Å². The Balaban J connectivity index is 2.20. The van der Waals surface area contributed by atoms with Gasteiger partial charge < -0.3 is 5.32 Å². The van der Waals surface area contributed by atoms with Crippen LogP contribution in [0.2, 0.25) is 5.02 Å². The summed E-state index contributed by atoms with van der Waals surface area (Å²) in [5.74, 6) is 0. The van der Waals surface area contributed by atoms with E-state index in [9.17, 15) is 8.42 Å². The monoisotopic (exact) mass is 354 g/mol. The van der Waals surface area contributed by atoms with Crippen LogP contribution in [0.5, 0.6) is 0 Å². The standard InChI is InChI=1S/C11H16BrClN2O2S/c1-18(16,17)15-6-2-5-14-8-9-3-4-11(13)10(12)7-9/h3-4,7,14-15H,2,5-6,8H2,1H3. The first kappa shape index (κ1) is 15.9. The lowest BCUT2D eigenvalue weighted by molar-refractivity contribution is 0.579. The lowest BCUT2D eigenvalue weighted by atomic mass is 10.2. The minimum Gasteiger partial charge on any atom is -0.313 e. The van der Waals surface area contributed by atoms with Crippen molar-refractivity contribution in [3.63, 3.8) is 0 Å². The molecule has 4 nitrogen and oxygen atoms in total. The minimum atomic E-state index is -3.07. The number of halogens is 2. The molecule has 18 heavy (non-hydrogen) atoms. The normalized spacial score (nSPS) is 11.7. The molecule has 0 saturated carbocycles. The molecule has 0 amide bonds. The van der Waals surface area contributed by atoms with Crippen molar-refractivity contribution in [3.8, 4) is 0 Å². The Hall–Kier alpha value is -0.140. The van der Waals surface area contributed by atoms with Crippen LogP contribution in [-0.4, -0.2) is 27.8 Å². The van der Waals surface area contributed by atoms with E-state index < -0.39 is 10.0 Å². The fourth-order valence-electron chi connectivity index (χ4n) is 1.35. The first-order valence-corrected chi connectivity index (χ1v) is 8.54. The highest BCUT2D eigenvalue weighted by Crippen LogP contribution is 2.22.